The summed E-state index contributed by atoms with van der Waals surface area (Å²) in [5, 5.41) is 0.713. The molecule has 0 radical (unpaired) electrons. The molecule has 1 saturated heterocycles. The Morgan fingerprint density at radius 1 is 1.20 bits per heavy atom. The molecular weight excluding hydrogens is 400 g/mol. The second kappa shape index (κ2) is 12.0. The maximum Gasteiger partial charge on any atom is 0.305 e. The van der Waals surface area contributed by atoms with Crippen LogP contribution in [0.25, 0.3) is 0 Å². The van der Waals surface area contributed by atoms with Gasteiger partial charge in [-0.25, -0.2) is 0 Å². The first-order valence-electron chi connectivity index (χ1n) is 10.9. The fourth-order valence-electron chi connectivity index (χ4n) is 3.68. The molecule has 5 nitrogen and oxygen atoms in total. The van der Waals surface area contributed by atoms with Crippen LogP contribution in [0.15, 0.2) is 48.7 Å². The van der Waals surface area contributed by atoms with Gasteiger partial charge in [-0.15, -0.1) is 0 Å². The Hall–Kier alpha value is -1.95. The summed E-state index contributed by atoms with van der Waals surface area (Å²) in [5.41, 5.74) is 1.97. The standard InChI is InChI=1S/C24H31ClN2O3/c1-2-18-29-23(28)7-5-15-27-16-12-21(13-17-27)30-24(22-6-3-4-14-26-22)19-8-10-20(25)11-9-19/h3-4,6,8-11,14,21,24H,2,5,7,12-13,15-18H2,1H3. The Bertz CT molecular complexity index is 762. The zero-order valence-electron chi connectivity index (χ0n) is 17.6. The van der Waals surface area contributed by atoms with Gasteiger partial charge in [0, 0.05) is 30.7 Å². The minimum absolute atomic E-state index is 0.0868. The Morgan fingerprint density at radius 3 is 2.63 bits per heavy atom. The quantitative estimate of drug-likeness (QED) is 0.494. The topological polar surface area (TPSA) is 51.7 Å². The lowest BCUT2D eigenvalue weighted by atomic mass is 10.0. The lowest BCUT2D eigenvalue weighted by Gasteiger charge is -2.34. The third-order valence-electron chi connectivity index (χ3n) is 5.31. The van der Waals surface area contributed by atoms with E-state index in [0.29, 0.717) is 18.1 Å². The van der Waals surface area contributed by atoms with E-state index in [1.807, 2.05) is 49.4 Å². The van der Waals surface area contributed by atoms with Crippen LogP contribution < -0.4 is 0 Å². The summed E-state index contributed by atoms with van der Waals surface area (Å²) >= 11 is 6.07. The molecule has 3 rings (SSSR count). The van der Waals surface area contributed by atoms with Crippen LogP contribution in [-0.4, -0.2) is 48.2 Å². The second-order valence-corrected chi connectivity index (χ2v) is 8.12. The average molecular weight is 431 g/mol. The number of halogens is 1. The van der Waals surface area contributed by atoms with E-state index in [4.69, 9.17) is 21.1 Å². The molecule has 1 unspecified atom stereocenters. The Kier molecular flexibility index (Phi) is 9.12. The van der Waals surface area contributed by atoms with E-state index in [1.54, 1.807) is 6.20 Å². The van der Waals surface area contributed by atoms with Crippen molar-refractivity contribution in [1.82, 2.24) is 9.88 Å². The van der Waals surface area contributed by atoms with E-state index < -0.39 is 0 Å². The summed E-state index contributed by atoms with van der Waals surface area (Å²) in [6, 6.07) is 13.7. The van der Waals surface area contributed by atoms with Crippen molar-refractivity contribution in [3.8, 4) is 0 Å². The lowest BCUT2D eigenvalue weighted by molar-refractivity contribution is -0.143. The van der Waals surface area contributed by atoms with Crippen molar-refractivity contribution in [2.75, 3.05) is 26.2 Å². The molecular formula is C24H31ClN2O3. The van der Waals surface area contributed by atoms with Gasteiger partial charge in [-0.2, -0.15) is 0 Å². The fraction of sp³-hybridized carbons (Fsp3) is 0.500. The van der Waals surface area contributed by atoms with Crippen LogP contribution >= 0.6 is 11.6 Å². The molecule has 6 heteroatoms. The number of esters is 1. The molecule has 2 aromatic rings. The van der Waals surface area contributed by atoms with Gasteiger partial charge in [-0.3, -0.25) is 9.78 Å². The molecule has 0 spiro atoms. The molecule has 162 valence electrons. The Balaban J connectivity index is 1.50. The number of piperidine rings is 1. The Labute approximate surface area is 184 Å². The predicted molar refractivity (Wildman–Crippen MR) is 119 cm³/mol. The molecule has 1 fully saturated rings. The van der Waals surface area contributed by atoms with Crippen molar-refractivity contribution in [3.63, 3.8) is 0 Å². The number of hydrogen-bond acceptors (Lipinski definition) is 5. The molecule has 1 atom stereocenters. The van der Waals surface area contributed by atoms with Crippen LogP contribution in [0.4, 0.5) is 0 Å². The molecule has 0 aliphatic carbocycles. The van der Waals surface area contributed by atoms with Crippen molar-refractivity contribution >= 4 is 17.6 Å². The van der Waals surface area contributed by atoms with E-state index in [9.17, 15) is 4.79 Å². The van der Waals surface area contributed by atoms with Gasteiger partial charge in [0.2, 0.25) is 0 Å². The van der Waals surface area contributed by atoms with E-state index in [1.165, 1.54) is 0 Å². The lowest BCUT2D eigenvalue weighted by Crippen LogP contribution is -2.38. The van der Waals surface area contributed by atoms with Crippen LogP contribution in [0.5, 0.6) is 0 Å². The van der Waals surface area contributed by atoms with E-state index in [-0.39, 0.29) is 18.2 Å². The molecule has 0 amide bonds. The zero-order chi connectivity index (χ0) is 21.2. The van der Waals surface area contributed by atoms with Gasteiger partial charge in [-0.05, 0) is 62.1 Å². The number of carbonyl (C=O) groups excluding carboxylic acids is 1. The fourth-order valence-corrected chi connectivity index (χ4v) is 3.81. The summed E-state index contributed by atoms with van der Waals surface area (Å²) in [5.74, 6) is -0.0868. The highest BCUT2D eigenvalue weighted by molar-refractivity contribution is 6.30. The maximum absolute atomic E-state index is 11.6. The number of benzene rings is 1. The highest BCUT2D eigenvalue weighted by atomic mass is 35.5. The molecule has 1 aliphatic heterocycles. The molecule has 0 saturated carbocycles. The van der Waals surface area contributed by atoms with Gasteiger partial charge in [0.1, 0.15) is 6.10 Å². The number of aromatic nitrogens is 1. The first-order chi connectivity index (χ1) is 14.7. The number of nitrogens with zero attached hydrogens (tertiary/aromatic N) is 2. The van der Waals surface area contributed by atoms with Gasteiger partial charge in [0.15, 0.2) is 0 Å². The van der Waals surface area contributed by atoms with Gasteiger partial charge in [-0.1, -0.05) is 36.7 Å². The van der Waals surface area contributed by atoms with Crippen LogP contribution in [0.3, 0.4) is 0 Å². The van der Waals surface area contributed by atoms with Gasteiger partial charge < -0.3 is 14.4 Å². The van der Waals surface area contributed by atoms with E-state index in [2.05, 4.69) is 9.88 Å². The maximum atomic E-state index is 11.6. The van der Waals surface area contributed by atoms with Crippen molar-refractivity contribution in [2.45, 2.75) is 51.2 Å². The molecule has 30 heavy (non-hydrogen) atoms. The highest BCUT2D eigenvalue weighted by Gasteiger charge is 2.25. The van der Waals surface area contributed by atoms with Crippen LogP contribution in [0.1, 0.15) is 56.4 Å². The zero-order valence-corrected chi connectivity index (χ0v) is 18.4. The minimum atomic E-state index is -0.201. The number of pyridine rings is 1. The van der Waals surface area contributed by atoms with Gasteiger partial charge in [0.05, 0.1) is 18.4 Å². The number of rotatable bonds is 10. The molecule has 0 N–H and O–H groups in total. The summed E-state index contributed by atoms with van der Waals surface area (Å²) in [6.45, 7) is 5.40. The van der Waals surface area contributed by atoms with Crippen LogP contribution in [-0.2, 0) is 14.3 Å². The molecule has 1 aromatic carbocycles. The van der Waals surface area contributed by atoms with Gasteiger partial charge in [0.25, 0.3) is 0 Å². The van der Waals surface area contributed by atoms with Gasteiger partial charge >= 0.3 is 5.97 Å². The highest BCUT2D eigenvalue weighted by Crippen LogP contribution is 2.29. The normalized spacial score (nSPS) is 16.3. The predicted octanol–water partition coefficient (Wildman–Crippen LogP) is 5.04. The number of ether oxygens (including phenoxy) is 2. The molecule has 0 bridgehead atoms. The summed E-state index contributed by atoms with van der Waals surface area (Å²) in [4.78, 5) is 18.6. The summed E-state index contributed by atoms with van der Waals surface area (Å²) < 4.78 is 11.7. The molecule has 1 aliphatic rings. The first kappa shape index (κ1) is 22.7. The van der Waals surface area contributed by atoms with Crippen LogP contribution in [0.2, 0.25) is 5.02 Å². The summed E-state index contributed by atoms with van der Waals surface area (Å²) in [7, 11) is 0. The third kappa shape index (κ3) is 7.08. The molecule has 1 aromatic heterocycles. The smallest absolute Gasteiger partial charge is 0.305 e. The van der Waals surface area contributed by atoms with Crippen molar-refractivity contribution in [1.29, 1.82) is 0 Å². The number of carbonyl (C=O) groups is 1. The third-order valence-corrected chi connectivity index (χ3v) is 5.57. The first-order valence-corrected chi connectivity index (χ1v) is 11.2. The SMILES string of the molecule is CCCOC(=O)CCCN1CCC(OC(c2ccc(Cl)cc2)c2ccccn2)CC1. The molecule has 2 heterocycles. The van der Waals surface area contributed by atoms with Crippen molar-refractivity contribution in [2.24, 2.45) is 0 Å². The number of hydrogen-bond donors (Lipinski definition) is 0. The number of likely N-dealkylation sites (tertiary alicyclic amines) is 1. The largest absolute Gasteiger partial charge is 0.466 e. The Morgan fingerprint density at radius 2 is 1.97 bits per heavy atom. The van der Waals surface area contributed by atoms with E-state index in [0.717, 1.165) is 56.6 Å². The van der Waals surface area contributed by atoms with Crippen molar-refractivity contribution < 1.29 is 14.3 Å². The monoisotopic (exact) mass is 430 g/mol. The van der Waals surface area contributed by atoms with Crippen LogP contribution in [0, 0.1) is 0 Å². The summed E-state index contributed by atoms with van der Waals surface area (Å²) in [6.07, 6.45) is 5.93. The van der Waals surface area contributed by atoms with E-state index >= 15 is 0 Å². The van der Waals surface area contributed by atoms with Crippen molar-refractivity contribution in [3.05, 3.63) is 64.9 Å². The average Bonchev–Trinajstić information content (AvgIpc) is 2.78. The minimum Gasteiger partial charge on any atom is -0.466 e. The second-order valence-electron chi connectivity index (χ2n) is 7.69.